The van der Waals surface area contributed by atoms with Gasteiger partial charge < -0.3 is 10.6 Å². The Morgan fingerprint density at radius 2 is 1.87 bits per heavy atom. The van der Waals surface area contributed by atoms with Gasteiger partial charge in [-0.1, -0.05) is 20.8 Å². The molecule has 0 saturated carbocycles. The van der Waals surface area contributed by atoms with E-state index in [0.29, 0.717) is 6.04 Å². The predicted octanol–water partition coefficient (Wildman–Crippen LogP) is 2.39. The summed E-state index contributed by atoms with van der Waals surface area (Å²) < 4.78 is 0. The minimum Gasteiger partial charge on any atom is -0.356 e. The third kappa shape index (κ3) is 8.28. The van der Waals surface area contributed by atoms with Gasteiger partial charge in [0.2, 0.25) is 0 Å². The van der Waals surface area contributed by atoms with Crippen molar-refractivity contribution in [2.24, 2.45) is 10.9 Å². The maximum absolute atomic E-state index is 4.19. The van der Waals surface area contributed by atoms with Gasteiger partial charge in [-0.05, 0) is 32.1 Å². The van der Waals surface area contributed by atoms with Crippen LogP contribution >= 0.6 is 0 Å². The van der Waals surface area contributed by atoms with E-state index in [9.17, 15) is 0 Å². The minimum absolute atomic E-state index is 0.496. The summed E-state index contributed by atoms with van der Waals surface area (Å²) in [5.74, 6) is 1.70. The van der Waals surface area contributed by atoms with Crippen molar-refractivity contribution in [3.05, 3.63) is 0 Å². The molecular weight excluding hydrogens is 186 g/mol. The van der Waals surface area contributed by atoms with Crippen molar-refractivity contribution in [3.8, 4) is 0 Å². The summed E-state index contributed by atoms with van der Waals surface area (Å²) in [4.78, 5) is 4.19. The van der Waals surface area contributed by atoms with E-state index in [0.717, 1.165) is 24.8 Å². The molecule has 3 heteroatoms. The van der Waals surface area contributed by atoms with Crippen LogP contribution in [0.3, 0.4) is 0 Å². The molecule has 15 heavy (non-hydrogen) atoms. The van der Waals surface area contributed by atoms with Gasteiger partial charge in [-0.3, -0.25) is 4.99 Å². The average Bonchev–Trinajstić information content (AvgIpc) is 2.21. The van der Waals surface area contributed by atoms with Crippen LogP contribution in [0.1, 0.15) is 47.0 Å². The topological polar surface area (TPSA) is 36.4 Å². The maximum atomic E-state index is 4.19. The Bertz CT molecular complexity index is 176. The molecule has 0 fully saturated rings. The Morgan fingerprint density at radius 1 is 1.20 bits per heavy atom. The second-order valence-electron chi connectivity index (χ2n) is 4.52. The standard InChI is InChI=1S/C12H27N3/c1-6-9-14-12(13-5)15-11(4)8-7-10(2)3/h10-11H,6-9H2,1-5H3,(H2,13,14,15). The number of rotatable bonds is 6. The minimum atomic E-state index is 0.496. The summed E-state index contributed by atoms with van der Waals surface area (Å²) in [6, 6.07) is 0.496. The van der Waals surface area contributed by atoms with Gasteiger partial charge in [0.1, 0.15) is 0 Å². The van der Waals surface area contributed by atoms with Gasteiger partial charge in [-0.25, -0.2) is 0 Å². The lowest BCUT2D eigenvalue weighted by Gasteiger charge is -2.18. The Hall–Kier alpha value is -0.730. The van der Waals surface area contributed by atoms with Gasteiger partial charge in [0.15, 0.2) is 5.96 Å². The molecule has 0 amide bonds. The van der Waals surface area contributed by atoms with E-state index >= 15 is 0 Å². The summed E-state index contributed by atoms with van der Waals surface area (Å²) in [5.41, 5.74) is 0. The highest BCUT2D eigenvalue weighted by molar-refractivity contribution is 5.79. The van der Waals surface area contributed by atoms with Crippen LogP contribution in [-0.2, 0) is 0 Å². The predicted molar refractivity (Wildman–Crippen MR) is 68.3 cm³/mol. The van der Waals surface area contributed by atoms with Crippen molar-refractivity contribution >= 4 is 5.96 Å². The smallest absolute Gasteiger partial charge is 0.191 e. The molecular formula is C12H27N3. The number of aliphatic imine (C=N–C) groups is 1. The first-order valence-corrected chi connectivity index (χ1v) is 6.07. The molecule has 0 heterocycles. The number of nitrogens with one attached hydrogen (secondary N) is 2. The monoisotopic (exact) mass is 213 g/mol. The van der Waals surface area contributed by atoms with Crippen molar-refractivity contribution in [1.82, 2.24) is 10.6 Å². The van der Waals surface area contributed by atoms with Crippen LogP contribution in [0.4, 0.5) is 0 Å². The molecule has 0 radical (unpaired) electrons. The van der Waals surface area contributed by atoms with Gasteiger partial charge in [-0.2, -0.15) is 0 Å². The first-order chi connectivity index (χ1) is 7.10. The Morgan fingerprint density at radius 3 is 2.33 bits per heavy atom. The average molecular weight is 213 g/mol. The van der Waals surface area contributed by atoms with Crippen LogP contribution in [0.2, 0.25) is 0 Å². The molecule has 0 aliphatic carbocycles. The Labute approximate surface area is 94.7 Å². The molecule has 0 bridgehead atoms. The third-order valence-electron chi connectivity index (χ3n) is 2.33. The lowest BCUT2D eigenvalue weighted by atomic mass is 10.0. The first-order valence-electron chi connectivity index (χ1n) is 6.07. The zero-order valence-electron chi connectivity index (χ0n) is 10.9. The second-order valence-corrected chi connectivity index (χ2v) is 4.52. The molecule has 3 nitrogen and oxygen atoms in total. The molecule has 1 atom stereocenters. The summed E-state index contributed by atoms with van der Waals surface area (Å²) in [6.45, 7) is 9.87. The normalized spacial score (nSPS) is 14.1. The van der Waals surface area contributed by atoms with Gasteiger partial charge in [0.25, 0.3) is 0 Å². The van der Waals surface area contributed by atoms with Gasteiger partial charge in [0.05, 0.1) is 0 Å². The lowest BCUT2D eigenvalue weighted by Crippen LogP contribution is -2.42. The Kier molecular flexibility index (Phi) is 8.15. The van der Waals surface area contributed by atoms with Crippen molar-refractivity contribution in [2.45, 2.75) is 53.0 Å². The van der Waals surface area contributed by atoms with E-state index in [1.54, 1.807) is 0 Å². The fourth-order valence-corrected chi connectivity index (χ4v) is 1.33. The molecule has 2 N–H and O–H groups in total. The largest absolute Gasteiger partial charge is 0.356 e. The van der Waals surface area contributed by atoms with Crippen molar-refractivity contribution in [2.75, 3.05) is 13.6 Å². The molecule has 0 aliphatic rings. The molecule has 0 aromatic rings. The van der Waals surface area contributed by atoms with E-state index in [4.69, 9.17) is 0 Å². The van der Waals surface area contributed by atoms with E-state index < -0.39 is 0 Å². The molecule has 0 aromatic heterocycles. The van der Waals surface area contributed by atoms with Crippen molar-refractivity contribution < 1.29 is 0 Å². The van der Waals surface area contributed by atoms with Gasteiger partial charge >= 0.3 is 0 Å². The SMILES string of the molecule is CCCNC(=NC)NC(C)CCC(C)C. The van der Waals surface area contributed by atoms with E-state index in [1.807, 2.05) is 7.05 Å². The van der Waals surface area contributed by atoms with Crippen molar-refractivity contribution in [1.29, 1.82) is 0 Å². The summed E-state index contributed by atoms with van der Waals surface area (Å²) >= 11 is 0. The number of nitrogens with zero attached hydrogens (tertiary/aromatic N) is 1. The fraction of sp³-hybridized carbons (Fsp3) is 0.917. The molecule has 0 saturated heterocycles. The van der Waals surface area contributed by atoms with Crippen LogP contribution in [0.25, 0.3) is 0 Å². The van der Waals surface area contributed by atoms with Crippen LogP contribution < -0.4 is 10.6 Å². The van der Waals surface area contributed by atoms with Gasteiger partial charge in [-0.15, -0.1) is 0 Å². The van der Waals surface area contributed by atoms with E-state index in [2.05, 4.69) is 43.3 Å². The number of hydrogen-bond acceptors (Lipinski definition) is 1. The quantitative estimate of drug-likeness (QED) is 0.525. The van der Waals surface area contributed by atoms with Crippen molar-refractivity contribution in [3.63, 3.8) is 0 Å². The zero-order valence-corrected chi connectivity index (χ0v) is 10.9. The highest BCUT2D eigenvalue weighted by atomic mass is 15.2. The summed E-state index contributed by atoms with van der Waals surface area (Å²) in [5, 5.41) is 6.67. The van der Waals surface area contributed by atoms with Crippen LogP contribution in [0.5, 0.6) is 0 Å². The Balaban J connectivity index is 3.76. The summed E-state index contributed by atoms with van der Waals surface area (Å²) in [7, 11) is 1.82. The molecule has 0 rings (SSSR count). The third-order valence-corrected chi connectivity index (χ3v) is 2.33. The van der Waals surface area contributed by atoms with Crippen LogP contribution in [0.15, 0.2) is 4.99 Å². The van der Waals surface area contributed by atoms with Crippen LogP contribution in [-0.4, -0.2) is 25.6 Å². The number of guanidine groups is 1. The second kappa shape index (κ2) is 8.57. The fourth-order valence-electron chi connectivity index (χ4n) is 1.33. The summed E-state index contributed by atoms with van der Waals surface area (Å²) in [6.07, 6.45) is 3.59. The lowest BCUT2D eigenvalue weighted by molar-refractivity contribution is 0.489. The van der Waals surface area contributed by atoms with E-state index in [-0.39, 0.29) is 0 Å². The highest BCUT2D eigenvalue weighted by Crippen LogP contribution is 2.05. The molecule has 1 unspecified atom stereocenters. The zero-order chi connectivity index (χ0) is 11.7. The van der Waals surface area contributed by atoms with Crippen LogP contribution in [0, 0.1) is 5.92 Å². The number of hydrogen-bond donors (Lipinski definition) is 2. The maximum Gasteiger partial charge on any atom is 0.191 e. The molecule has 0 aliphatic heterocycles. The first kappa shape index (κ1) is 14.3. The molecule has 0 aromatic carbocycles. The van der Waals surface area contributed by atoms with Gasteiger partial charge in [0, 0.05) is 19.6 Å². The molecule has 90 valence electrons. The highest BCUT2D eigenvalue weighted by Gasteiger charge is 2.05. The van der Waals surface area contributed by atoms with E-state index in [1.165, 1.54) is 12.8 Å². The molecule has 0 spiro atoms.